The summed E-state index contributed by atoms with van der Waals surface area (Å²) in [6.07, 6.45) is 9.42. The molecule has 0 radical (unpaired) electrons. The van der Waals surface area contributed by atoms with Crippen LogP contribution in [0.5, 0.6) is 0 Å². The van der Waals surface area contributed by atoms with Gasteiger partial charge in [0.05, 0.1) is 0 Å². The average Bonchev–Trinajstić information content (AvgIpc) is 2.43. The van der Waals surface area contributed by atoms with E-state index in [1.807, 2.05) is 27.4 Å². The van der Waals surface area contributed by atoms with Gasteiger partial charge in [0.15, 0.2) is 0 Å². The molecule has 0 aromatic rings. The van der Waals surface area contributed by atoms with Crippen LogP contribution in [-0.2, 0) is 16.6 Å². The van der Waals surface area contributed by atoms with E-state index in [1.54, 1.807) is 0 Å². The number of rotatable bonds is 12. The molecule has 0 heterocycles. The number of amides is 1. The number of hydrogen-bond acceptors (Lipinski definition) is 4. The summed E-state index contributed by atoms with van der Waals surface area (Å²) >= 11 is 9.48. The number of carbonyl (C=O) groups is 1. The van der Waals surface area contributed by atoms with Gasteiger partial charge in [-0.05, 0) is 25.7 Å². The Balaban J connectivity index is 4.61. The fourth-order valence-corrected chi connectivity index (χ4v) is 11.0. The van der Waals surface area contributed by atoms with Crippen molar-refractivity contribution in [1.29, 1.82) is 0 Å². The first-order valence-corrected chi connectivity index (χ1v) is 12.8. The van der Waals surface area contributed by atoms with Crippen LogP contribution in [-0.4, -0.2) is 29.1 Å². The Kier molecular flexibility index (Phi) is 12.7. The highest BCUT2D eigenvalue weighted by Gasteiger charge is 2.24. The molecule has 0 aliphatic carbocycles. The van der Waals surface area contributed by atoms with Crippen molar-refractivity contribution in [3.8, 4) is 0 Å². The first kappa shape index (κ1) is 19.6. The zero-order valence-electron chi connectivity index (χ0n) is 12.2. The van der Waals surface area contributed by atoms with Crippen LogP contribution in [0.15, 0.2) is 12.2 Å². The Hall–Kier alpha value is 0.560. The van der Waals surface area contributed by atoms with Gasteiger partial charge in [0, 0.05) is 18.1 Å². The molecule has 0 atom stereocenters. The number of hydrogen-bond donors (Lipinski definition) is 0. The van der Waals surface area contributed by atoms with Gasteiger partial charge in [0.25, 0.3) is 0 Å². The molecule has 0 rings (SSSR count). The van der Waals surface area contributed by atoms with Crippen LogP contribution in [0.4, 0.5) is 0 Å². The van der Waals surface area contributed by atoms with E-state index in [0.29, 0.717) is 0 Å². The van der Waals surface area contributed by atoms with Crippen molar-refractivity contribution in [1.82, 2.24) is 4.67 Å². The maximum Gasteiger partial charge on any atom is 0.214 e. The minimum Gasteiger partial charge on any atom is -0.301 e. The lowest BCUT2D eigenvalue weighted by atomic mass is 10.3. The van der Waals surface area contributed by atoms with Gasteiger partial charge in [-0.15, -0.1) is 0 Å². The highest BCUT2D eigenvalue weighted by molar-refractivity contribution is 8.99. The molecule has 0 N–H and O–H groups in total. The highest BCUT2D eigenvalue weighted by atomic mass is 33.2. The Morgan fingerprint density at radius 3 is 2.11 bits per heavy atom. The predicted molar refractivity (Wildman–Crippen MR) is 96.6 cm³/mol. The molecule has 2 nitrogen and oxygen atoms in total. The van der Waals surface area contributed by atoms with E-state index in [1.165, 1.54) is 0 Å². The summed E-state index contributed by atoms with van der Waals surface area (Å²) in [7, 11) is 0. The van der Waals surface area contributed by atoms with Crippen molar-refractivity contribution in [2.24, 2.45) is 0 Å². The van der Waals surface area contributed by atoms with Gasteiger partial charge in [0.2, 0.25) is 6.41 Å². The summed E-state index contributed by atoms with van der Waals surface area (Å²) < 4.78 is 0.0787. The van der Waals surface area contributed by atoms with Gasteiger partial charge in [-0.25, -0.2) is 0 Å². The van der Waals surface area contributed by atoms with Gasteiger partial charge < -0.3 is 4.67 Å². The fraction of sp³-hybridized carbons (Fsp3) is 0.769. The Morgan fingerprint density at radius 2 is 1.68 bits per heavy atom. The van der Waals surface area contributed by atoms with Crippen LogP contribution >= 0.6 is 27.4 Å². The maximum atomic E-state index is 11.4. The van der Waals surface area contributed by atoms with Crippen molar-refractivity contribution < 1.29 is 4.79 Å². The number of carbonyl (C=O) groups excluding carboxylic acids is 1. The SMILES string of the molecule is CCC=CCCN(C=O)P(=S)(SCCC)SCCC. The average molecular weight is 340 g/mol. The van der Waals surface area contributed by atoms with E-state index in [4.69, 9.17) is 11.8 Å². The van der Waals surface area contributed by atoms with Gasteiger partial charge in [-0.1, -0.05) is 67.5 Å². The standard InChI is InChI=1S/C13H26NOPS3/c1-4-7-8-9-10-14(13-15)16(17,18-11-5-2)19-12-6-3/h7-8,13H,4-6,9-12H2,1-3H3. The van der Waals surface area contributed by atoms with Crippen molar-refractivity contribution in [2.45, 2.75) is 46.5 Å². The molecular formula is C13H26NOPS3. The van der Waals surface area contributed by atoms with Crippen molar-refractivity contribution in [3.63, 3.8) is 0 Å². The molecule has 0 aromatic heterocycles. The zero-order chi connectivity index (χ0) is 14.6. The molecule has 0 bridgehead atoms. The Bertz CT molecular complexity index is 298. The zero-order valence-corrected chi connectivity index (χ0v) is 15.6. The smallest absolute Gasteiger partial charge is 0.214 e. The van der Waals surface area contributed by atoms with Gasteiger partial charge in [0.1, 0.15) is 4.59 Å². The second-order valence-corrected chi connectivity index (χ2v) is 15.2. The Labute approximate surface area is 131 Å². The van der Waals surface area contributed by atoms with Gasteiger partial charge in [-0.2, -0.15) is 0 Å². The predicted octanol–water partition coefficient (Wildman–Crippen LogP) is 5.31. The summed E-state index contributed by atoms with van der Waals surface area (Å²) in [6, 6.07) is 0. The van der Waals surface area contributed by atoms with E-state index >= 15 is 0 Å². The molecule has 0 aromatic carbocycles. The second kappa shape index (κ2) is 12.3. The molecule has 0 unspecified atom stereocenters. The summed E-state index contributed by atoms with van der Waals surface area (Å²) in [5, 5.41) is 0. The molecule has 0 spiro atoms. The highest BCUT2D eigenvalue weighted by Crippen LogP contribution is 2.71. The third-order valence-corrected chi connectivity index (χ3v) is 13.8. The molecular weight excluding hydrogens is 313 g/mol. The third-order valence-electron chi connectivity index (χ3n) is 2.28. The maximum absolute atomic E-state index is 11.4. The van der Waals surface area contributed by atoms with E-state index < -0.39 is 4.59 Å². The van der Waals surface area contributed by atoms with Crippen LogP contribution < -0.4 is 0 Å². The van der Waals surface area contributed by atoms with E-state index in [-0.39, 0.29) is 0 Å². The van der Waals surface area contributed by atoms with E-state index in [9.17, 15) is 4.79 Å². The minimum atomic E-state index is -1.81. The molecule has 0 aliphatic heterocycles. The lowest BCUT2D eigenvalue weighted by Gasteiger charge is -2.30. The summed E-state index contributed by atoms with van der Waals surface area (Å²) in [4.78, 5) is 11.4. The van der Waals surface area contributed by atoms with Crippen molar-refractivity contribution >= 4 is 45.6 Å². The lowest BCUT2D eigenvalue weighted by molar-refractivity contribution is -0.113. The van der Waals surface area contributed by atoms with E-state index in [2.05, 4.69) is 32.9 Å². The van der Waals surface area contributed by atoms with Crippen molar-refractivity contribution in [2.75, 3.05) is 18.1 Å². The topological polar surface area (TPSA) is 20.3 Å². The minimum absolute atomic E-state index is 0.755. The molecule has 0 saturated carbocycles. The number of nitrogens with zero attached hydrogens (tertiary/aromatic N) is 1. The molecule has 0 aliphatic rings. The summed E-state index contributed by atoms with van der Waals surface area (Å²) in [5.74, 6) is 2.09. The molecule has 112 valence electrons. The van der Waals surface area contributed by atoms with E-state index in [0.717, 1.165) is 50.1 Å². The largest absolute Gasteiger partial charge is 0.301 e. The first-order valence-electron chi connectivity index (χ1n) is 6.91. The van der Waals surface area contributed by atoms with Crippen LogP contribution in [0.2, 0.25) is 0 Å². The fourth-order valence-electron chi connectivity index (χ4n) is 1.32. The molecule has 0 saturated heterocycles. The quantitative estimate of drug-likeness (QED) is 0.272. The number of allylic oxidation sites excluding steroid dienone is 1. The molecule has 19 heavy (non-hydrogen) atoms. The summed E-state index contributed by atoms with van der Waals surface area (Å²) in [6.45, 7) is 7.19. The Morgan fingerprint density at radius 1 is 1.11 bits per heavy atom. The second-order valence-electron chi connectivity index (χ2n) is 4.07. The normalized spacial score (nSPS) is 11.9. The third kappa shape index (κ3) is 8.44. The molecule has 6 heteroatoms. The van der Waals surface area contributed by atoms with Gasteiger partial charge in [-0.3, -0.25) is 4.79 Å². The summed E-state index contributed by atoms with van der Waals surface area (Å²) in [5.41, 5.74) is 0. The first-order chi connectivity index (χ1) is 9.14. The monoisotopic (exact) mass is 339 g/mol. The van der Waals surface area contributed by atoms with Crippen LogP contribution in [0.3, 0.4) is 0 Å². The molecule has 0 fully saturated rings. The van der Waals surface area contributed by atoms with Gasteiger partial charge >= 0.3 is 0 Å². The van der Waals surface area contributed by atoms with Crippen LogP contribution in [0.25, 0.3) is 0 Å². The van der Waals surface area contributed by atoms with Crippen LogP contribution in [0, 0.1) is 0 Å². The van der Waals surface area contributed by atoms with Crippen molar-refractivity contribution in [3.05, 3.63) is 12.2 Å². The van der Waals surface area contributed by atoms with Crippen LogP contribution in [0.1, 0.15) is 46.5 Å². The lowest BCUT2D eigenvalue weighted by Crippen LogP contribution is -2.17. The molecule has 1 amide bonds.